The first kappa shape index (κ1) is 13.1. The average Bonchev–Trinajstić information content (AvgIpc) is 3.05. The van der Waals surface area contributed by atoms with Gasteiger partial charge in [0, 0.05) is 18.9 Å². The zero-order chi connectivity index (χ0) is 14.7. The first-order chi connectivity index (χ1) is 10.3. The van der Waals surface area contributed by atoms with Gasteiger partial charge in [0.05, 0.1) is 5.69 Å². The molecule has 1 aromatic heterocycles. The Morgan fingerprint density at radius 1 is 0.952 bits per heavy atom. The molecule has 0 aliphatic heterocycles. The molecule has 0 saturated carbocycles. The Balaban J connectivity index is 1.85. The van der Waals surface area contributed by atoms with E-state index >= 15 is 0 Å². The lowest BCUT2D eigenvalue weighted by molar-refractivity contribution is 0.0988. The Hall–Kier alpha value is -2.88. The molecule has 1 heterocycles. The number of rotatable bonds is 3. The molecule has 0 bridgehead atoms. The fraction of sp³-hybridized carbons (Fsp3) is 0.0588. The van der Waals surface area contributed by atoms with E-state index in [1.165, 1.54) is 0 Å². The molecule has 0 unspecified atom stereocenters. The summed E-state index contributed by atoms with van der Waals surface area (Å²) >= 11 is 0. The van der Waals surface area contributed by atoms with Crippen molar-refractivity contribution in [3.05, 3.63) is 78.6 Å². The third-order valence-corrected chi connectivity index (χ3v) is 3.28. The number of benzene rings is 2. The molecule has 1 amide bonds. The van der Waals surface area contributed by atoms with E-state index < -0.39 is 0 Å². The number of hydrogen-bond acceptors (Lipinski definition) is 2. The third-order valence-electron chi connectivity index (χ3n) is 3.28. The topological polar surface area (TPSA) is 38.1 Å². The van der Waals surface area contributed by atoms with Crippen molar-refractivity contribution < 1.29 is 4.79 Å². The highest BCUT2D eigenvalue weighted by Gasteiger charge is 2.16. The molecule has 3 rings (SSSR count). The van der Waals surface area contributed by atoms with Gasteiger partial charge in [-0.2, -0.15) is 5.10 Å². The van der Waals surface area contributed by atoms with Crippen LogP contribution < -0.4 is 4.90 Å². The molecule has 4 nitrogen and oxygen atoms in total. The Morgan fingerprint density at radius 3 is 2.24 bits per heavy atom. The van der Waals surface area contributed by atoms with Crippen LogP contribution in [0.5, 0.6) is 0 Å². The van der Waals surface area contributed by atoms with Gasteiger partial charge in [-0.15, -0.1) is 0 Å². The van der Waals surface area contributed by atoms with Crippen LogP contribution in [0.25, 0.3) is 5.69 Å². The van der Waals surface area contributed by atoms with Gasteiger partial charge >= 0.3 is 0 Å². The number of anilines is 1. The monoisotopic (exact) mass is 277 g/mol. The van der Waals surface area contributed by atoms with Crippen molar-refractivity contribution in [1.82, 2.24) is 9.78 Å². The first-order valence-electron chi connectivity index (χ1n) is 6.70. The lowest BCUT2D eigenvalue weighted by Crippen LogP contribution is -2.26. The van der Waals surface area contributed by atoms with E-state index in [2.05, 4.69) is 5.10 Å². The minimum atomic E-state index is -0.129. The van der Waals surface area contributed by atoms with Crippen LogP contribution in [0.1, 0.15) is 10.5 Å². The molecule has 0 saturated heterocycles. The van der Waals surface area contributed by atoms with Crippen molar-refractivity contribution in [2.75, 3.05) is 11.9 Å². The van der Waals surface area contributed by atoms with Crippen LogP contribution in [-0.2, 0) is 0 Å². The van der Waals surface area contributed by atoms with E-state index in [1.807, 2.05) is 60.7 Å². The largest absolute Gasteiger partial charge is 0.310 e. The quantitative estimate of drug-likeness (QED) is 0.737. The molecule has 0 fully saturated rings. The van der Waals surface area contributed by atoms with Crippen molar-refractivity contribution in [3.8, 4) is 5.69 Å². The number of hydrogen-bond donors (Lipinski definition) is 0. The fourth-order valence-electron chi connectivity index (χ4n) is 2.10. The molecule has 2 aromatic carbocycles. The van der Waals surface area contributed by atoms with E-state index in [0.29, 0.717) is 5.69 Å². The summed E-state index contributed by atoms with van der Waals surface area (Å²) in [6.07, 6.45) is 1.79. The van der Waals surface area contributed by atoms with Crippen LogP contribution in [-0.4, -0.2) is 22.7 Å². The van der Waals surface area contributed by atoms with Crippen molar-refractivity contribution in [1.29, 1.82) is 0 Å². The van der Waals surface area contributed by atoms with Gasteiger partial charge in [0.1, 0.15) is 0 Å². The van der Waals surface area contributed by atoms with Crippen molar-refractivity contribution in [2.45, 2.75) is 0 Å². The van der Waals surface area contributed by atoms with E-state index in [9.17, 15) is 4.79 Å². The molecule has 0 atom stereocenters. The zero-order valence-electron chi connectivity index (χ0n) is 11.7. The molecule has 3 aromatic rings. The summed E-state index contributed by atoms with van der Waals surface area (Å²) in [5.74, 6) is -0.129. The highest BCUT2D eigenvalue weighted by atomic mass is 16.2. The van der Waals surface area contributed by atoms with Gasteiger partial charge in [-0.3, -0.25) is 4.79 Å². The fourth-order valence-corrected chi connectivity index (χ4v) is 2.10. The number of carbonyl (C=O) groups is 1. The molecule has 4 heteroatoms. The van der Waals surface area contributed by atoms with Crippen LogP contribution in [0.3, 0.4) is 0 Å². The second kappa shape index (κ2) is 5.63. The van der Waals surface area contributed by atoms with Crippen molar-refractivity contribution in [2.24, 2.45) is 0 Å². The highest BCUT2D eigenvalue weighted by molar-refractivity contribution is 6.04. The summed E-state index contributed by atoms with van der Waals surface area (Å²) in [6.45, 7) is 0. The normalized spacial score (nSPS) is 10.3. The minimum Gasteiger partial charge on any atom is -0.310 e. The number of nitrogens with zero attached hydrogens (tertiary/aromatic N) is 3. The Morgan fingerprint density at radius 2 is 1.57 bits per heavy atom. The van der Waals surface area contributed by atoms with E-state index in [-0.39, 0.29) is 5.91 Å². The van der Waals surface area contributed by atoms with Gasteiger partial charge in [-0.25, -0.2) is 4.68 Å². The van der Waals surface area contributed by atoms with E-state index in [4.69, 9.17) is 0 Å². The predicted octanol–water partition coefficient (Wildman–Crippen LogP) is 3.15. The molecule has 0 aliphatic carbocycles. The maximum atomic E-state index is 12.4. The summed E-state index contributed by atoms with van der Waals surface area (Å²) in [4.78, 5) is 14.0. The molecule has 0 aliphatic rings. The van der Waals surface area contributed by atoms with Crippen molar-refractivity contribution >= 4 is 11.6 Å². The predicted molar refractivity (Wildman–Crippen MR) is 82.7 cm³/mol. The Bertz CT molecular complexity index is 735. The number of para-hydroxylation sites is 2. The molecule has 0 N–H and O–H groups in total. The number of carbonyl (C=O) groups excluding carboxylic acids is 1. The van der Waals surface area contributed by atoms with Crippen LogP contribution in [0, 0.1) is 0 Å². The Labute approximate surface area is 123 Å². The molecular weight excluding hydrogens is 262 g/mol. The van der Waals surface area contributed by atoms with Crippen LogP contribution in [0.2, 0.25) is 0 Å². The van der Waals surface area contributed by atoms with Crippen LogP contribution >= 0.6 is 0 Å². The van der Waals surface area contributed by atoms with Gasteiger partial charge in [0.25, 0.3) is 5.91 Å². The molecule has 0 spiro atoms. The summed E-state index contributed by atoms with van der Waals surface area (Å²) in [5.41, 5.74) is 2.20. The van der Waals surface area contributed by atoms with Gasteiger partial charge in [0.15, 0.2) is 5.69 Å². The third kappa shape index (κ3) is 2.69. The average molecular weight is 277 g/mol. The highest BCUT2D eigenvalue weighted by Crippen LogP contribution is 2.14. The zero-order valence-corrected chi connectivity index (χ0v) is 11.7. The van der Waals surface area contributed by atoms with Gasteiger partial charge in [0.2, 0.25) is 0 Å². The number of aromatic nitrogens is 2. The minimum absolute atomic E-state index is 0.129. The summed E-state index contributed by atoms with van der Waals surface area (Å²) in [7, 11) is 1.75. The summed E-state index contributed by atoms with van der Waals surface area (Å²) < 4.78 is 1.70. The first-order valence-corrected chi connectivity index (χ1v) is 6.70. The van der Waals surface area contributed by atoms with E-state index in [0.717, 1.165) is 11.4 Å². The lowest BCUT2D eigenvalue weighted by atomic mass is 10.3. The molecule has 104 valence electrons. The van der Waals surface area contributed by atoms with Gasteiger partial charge in [-0.1, -0.05) is 36.4 Å². The molecule has 21 heavy (non-hydrogen) atoms. The van der Waals surface area contributed by atoms with Crippen LogP contribution in [0.15, 0.2) is 72.9 Å². The van der Waals surface area contributed by atoms with Crippen LogP contribution in [0.4, 0.5) is 5.69 Å². The van der Waals surface area contributed by atoms with E-state index in [1.54, 1.807) is 28.9 Å². The van der Waals surface area contributed by atoms with Gasteiger partial charge in [-0.05, 0) is 30.3 Å². The number of amides is 1. The SMILES string of the molecule is CN(C(=O)c1ccn(-c2ccccc2)n1)c1ccccc1. The smallest absolute Gasteiger partial charge is 0.278 e. The summed E-state index contributed by atoms with van der Waals surface area (Å²) in [6, 6.07) is 21.0. The maximum Gasteiger partial charge on any atom is 0.278 e. The second-order valence-corrected chi connectivity index (χ2v) is 4.68. The Kier molecular flexibility index (Phi) is 3.51. The standard InChI is InChI=1S/C17H15N3O/c1-19(14-8-4-2-5-9-14)17(21)16-12-13-20(18-16)15-10-6-3-7-11-15/h2-13H,1H3. The van der Waals surface area contributed by atoms with Crippen molar-refractivity contribution in [3.63, 3.8) is 0 Å². The lowest BCUT2D eigenvalue weighted by Gasteiger charge is -2.15. The van der Waals surface area contributed by atoms with Gasteiger partial charge < -0.3 is 4.90 Å². The molecule has 0 radical (unpaired) electrons. The molecular formula is C17H15N3O. The second-order valence-electron chi connectivity index (χ2n) is 4.68. The maximum absolute atomic E-state index is 12.4. The summed E-state index contributed by atoms with van der Waals surface area (Å²) in [5, 5.41) is 4.35.